The van der Waals surface area contributed by atoms with Crippen LogP contribution >= 0.6 is 0 Å². The Bertz CT molecular complexity index is 627. The average molecular weight is 296 g/mol. The first kappa shape index (κ1) is 17.1. The summed E-state index contributed by atoms with van der Waals surface area (Å²) in [5, 5.41) is 5.84. The van der Waals surface area contributed by atoms with Gasteiger partial charge in [0.15, 0.2) is 0 Å². The van der Waals surface area contributed by atoms with Crippen LogP contribution in [0.4, 0.5) is 5.95 Å². The summed E-state index contributed by atoms with van der Waals surface area (Å²) >= 11 is 0. The third-order valence-electron chi connectivity index (χ3n) is 2.53. The smallest absolute Gasteiger partial charge is 0.251 e. The summed E-state index contributed by atoms with van der Waals surface area (Å²) in [7, 11) is 0. The van der Waals surface area contributed by atoms with Crippen LogP contribution in [0.2, 0.25) is 0 Å². The Balaban J connectivity index is 2.83. The van der Waals surface area contributed by atoms with Crippen molar-refractivity contribution in [3.05, 3.63) is 79.0 Å². The van der Waals surface area contributed by atoms with Crippen molar-refractivity contribution in [1.82, 2.24) is 15.3 Å². The number of hydrogen-bond donors (Lipinski definition) is 2. The van der Waals surface area contributed by atoms with Crippen molar-refractivity contribution in [2.45, 2.75) is 13.8 Å². The second-order valence-electron chi connectivity index (χ2n) is 4.42. The van der Waals surface area contributed by atoms with Gasteiger partial charge in [0.2, 0.25) is 5.95 Å². The second-order valence-corrected chi connectivity index (χ2v) is 4.42. The minimum absolute atomic E-state index is 0.178. The standard InChI is InChI=1S/C17H20N4O/c1-5-8-13(3)16(22)20-14(4)12-15(9-6-2)21-17-18-10-7-11-19-17/h5-12H,1-2H2,3-4H3,(H,20,22)(H,18,19,21)/b13-8+,14-12+,15-9+. The van der Waals surface area contributed by atoms with Crippen molar-refractivity contribution in [3.8, 4) is 0 Å². The third-order valence-corrected chi connectivity index (χ3v) is 2.53. The largest absolute Gasteiger partial charge is 0.326 e. The maximum Gasteiger partial charge on any atom is 0.251 e. The zero-order valence-corrected chi connectivity index (χ0v) is 12.8. The van der Waals surface area contributed by atoms with E-state index in [0.29, 0.717) is 22.9 Å². The summed E-state index contributed by atoms with van der Waals surface area (Å²) in [5.74, 6) is 0.288. The first-order chi connectivity index (χ1) is 10.6. The molecule has 0 saturated carbocycles. The second kappa shape index (κ2) is 9.07. The van der Waals surface area contributed by atoms with Gasteiger partial charge in [0.05, 0.1) is 0 Å². The molecule has 0 radical (unpaired) electrons. The van der Waals surface area contributed by atoms with E-state index in [1.54, 1.807) is 62.7 Å². The van der Waals surface area contributed by atoms with Crippen LogP contribution in [0.5, 0.6) is 0 Å². The van der Waals surface area contributed by atoms with Gasteiger partial charge in [0, 0.05) is 29.4 Å². The van der Waals surface area contributed by atoms with Gasteiger partial charge in [-0.15, -0.1) is 0 Å². The molecule has 1 heterocycles. The van der Waals surface area contributed by atoms with Crippen LogP contribution in [0.25, 0.3) is 0 Å². The number of carbonyl (C=O) groups excluding carboxylic acids is 1. The highest BCUT2D eigenvalue weighted by Crippen LogP contribution is 2.06. The Labute approximate surface area is 130 Å². The Kier molecular flexibility index (Phi) is 7.05. The number of aromatic nitrogens is 2. The van der Waals surface area contributed by atoms with Gasteiger partial charge in [-0.05, 0) is 32.1 Å². The van der Waals surface area contributed by atoms with Crippen molar-refractivity contribution in [2.24, 2.45) is 0 Å². The molecule has 22 heavy (non-hydrogen) atoms. The predicted octanol–water partition coefficient (Wildman–Crippen LogP) is 3.11. The molecule has 0 aliphatic heterocycles. The quantitative estimate of drug-likeness (QED) is 0.599. The van der Waals surface area contributed by atoms with Crippen molar-refractivity contribution in [1.29, 1.82) is 0 Å². The molecule has 0 spiro atoms. The summed E-state index contributed by atoms with van der Waals surface area (Å²) in [4.78, 5) is 20.1. The zero-order valence-electron chi connectivity index (χ0n) is 12.8. The van der Waals surface area contributed by atoms with Gasteiger partial charge < -0.3 is 10.6 Å². The fourth-order valence-corrected chi connectivity index (χ4v) is 1.55. The fraction of sp³-hybridized carbons (Fsp3) is 0.118. The molecule has 0 saturated heterocycles. The van der Waals surface area contributed by atoms with Crippen molar-refractivity contribution >= 4 is 11.9 Å². The van der Waals surface area contributed by atoms with Crippen LogP contribution in [-0.2, 0) is 4.79 Å². The van der Waals surface area contributed by atoms with Gasteiger partial charge in [0.1, 0.15) is 0 Å². The molecule has 1 aromatic rings. The first-order valence-corrected chi connectivity index (χ1v) is 6.72. The third kappa shape index (κ3) is 6.00. The number of allylic oxidation sites excluding steroid dienone is 6. The lowest BCUT2D eigenvalue weighted by atomic mass is 10.2. The van der Waals surface area contributed by atoms with Crippen LogP contribution in [0.15, 0.2) is 79.0 Å². The molecule has 0 fully saturated rings. The lowest BCUT2D eigenvalue weighted by Gasteiger charge is -2.08. The van der Waals surface area contributed by atoms with E-state index in [2.05, 4.69) is 33.8 Å². The molecule has 0 aromatic carbocycles. The van der Waals surface area contributed by atoms with Crippen LogP contribution in [0, 0.1) is 0 Å². The number of amides is 1. The van der Waals surface area contributed by atoms with E-state index in [0.717, 1.165) is 0 Å². The lowest BCUT2D eigenvalue weighted by Crippen LogP contribution is -2.22. The summed E-state index contributed by atoms with van der Waals surface area (Å²) in [6.07, 6.45) is 11.7. The molecule has 0 atom stereocenters. The maximum atomic E-state index is 11.9. The van der Waals surface area contributed by atoms with Gasteiger partial charge in [-0.2, -0.15) is 0 Å². The van der Waals surface area contributed by atoms with Crippen LogP contribution in [-0.4, -0.2) is 15.9 Å². The Hall–Kier alpha value is -2.95. The van der Waals surface area contributed by atoms with Crippen molar-refractivity contribution in [3.63, 3.8) is 0 Å². The summed E-state index contributed by atoms with van der Waals surface area (Å²) < 4.78 is 0. The van der Waals surface area contributed by atoms with Crippen LogP contribution in [0.3, 0.4) is 0 Å². The number of nitrogens with one attached hydrogen (secondary N) is 2. The summed E-state index contributed by atoms with van der Waals surface area (Å²) in [5.41, 5.74) is 1.97. The van der Waals surface area contributed by atoms with Crippen LogP contribution < -0.4 is 10.6 Å². The maximum absolute atomic E-state index is 11.9. The highest BCUT2D eigenvalue weighted by Gasteiger charge is 2.04. The number of carbonyl (C=O) groups is 1. The van der Waals surface area contributed by atoms with E-state index in [1.807, 2.05) is 0 Å². The summed E-state index contributed by atoms with van der Waals surface area (Å²) in [6.45, 7) is 10.8. The zero-order chi connectivity index (χ0) is 16.4. The molecule has 0 aliphatic carbocycles. The molecule has 0 unspecified atom stereocenters. The molecule has 1 rings (SSSR count). The molecule has 0 bridgehead atoms. The van der Waals surface area contributed by atoms with E-state index in [9.17, 15) is 4.79 Å². The highest BCUT2D eigenvalue weighted by molar-refractivity contribution is 5.94. The molecule has 0 aliphatic rings. The summed E-state index contributed by atoms with van der Waals surface area (Å²) in [6, 6.07) is 1.73. The number of hydrogen-bond acceptors (Lipinski definition) is 4. The topological polar surface area (TPSA) is 66.9 Å². The van der Waals surface area contributed by atoms with Crippen molar-refractivity contribution < 1.29 is 4.79 Å². The van der Waals surface area contributed by atoms with E-state index >= 15 is 0 Å². The molecule has 2 N–H and O–H groups in total. The van der Waals surface area contributed by atoms with Gasteiger partial charge in [-0.3, -0.25) is 4.79 Å². The van der Waals surface area contributed by atoms with Crippen LogP contribution in [0.1, 0.15) is 13.8 Å². The Morgan fingerprint density at radius 3 is 2.36 bits per heavy atom. The van der Waals surface area contributed by atoms with Gasteiger partial charge in [0.25, 0.3) is 5.91 Å². The molecule has 1 aromatic heterocycles. The predicted molar refractivity (Wildman–Crippen MR) is 89.8 cm³/mol. The van der Waals surface area contributed by atoms with Crippen molar-refractivity contribution in [2.75, 3.05) is 5.32 Å². The molecule has 1 amide bonds. The van der Waals surface area contributed by atoms with Gasteiger partial charge >= 0.3 is 0 Å². The SMILES string of the molecule is C=C/C=C(\C=C(/C)NC(=O)/C(C)=C/C=C)Nc1ncccn1. The van der Waals surface area contributed by atoms with Gasteiger partial charge in [-0.25, -0.2) is 9.97 Å². The number of nitrogens with zero attached hydrogens (tertiary/aromatic N) is 2. The molecular weight excluding hydrogens is 276 g/mol. The van der Waals surface area contributed by atoms with E-state index in [4.69, 9.17) is 0 Å². The van der Waals surface area contributed by atoms with E-state index in [1.165, 1.54) is 0 Å². The highest BCUT2D eigenvalue weighted by atomic mass is 16.1. The number of rotatable bonds is 7. The molecule has 5 heteroatoms. The minimum Gasteiger partial charge on any atom is -0.326 e. The van der Waals surface area contributed by atoms with Gasteiger partial charge in [-0.1, -0.05) is 31.4 Å². The van der Waals surface area contributed by atoms with E-state index < -0.39 is 0 Å². The Morgan fingerprint density at radius 1 is 1.14 bits per heavy atom. The molecule has 114 valence electrons. The fourth-order valence-electron chi connectivity index (χ4n) is 1.55. The molecule has 5 nitrogen and oxygen atoms in total. The lowest BCUT2D eigenvalue weighted by molar-refractivity contribution is -0.116. The minimum atomic E-state index is -0.178. The van der Waals surface area contributed by atoms with E-state index in [-0.39, 0.29) is 5.91 Å². The normalized spacial score (nSPS) is 12.5. The first-order valence-electron chi connectivity index (χ1n) is 6.72. The monoisotopic (exact) mass is 296 g/mol. The average Bonchev–Trinajstić information content (AvgIpc) is 2.48. The molecular formula is C17H20N4O. The Morgan fingerprint density at radius 2 is 1.77 bits per heavy atom. The number of anilines is 1.